The van der Waals surface area contributed by atoms with Gasteiger partial charge in [0.1, 0.15) is 0 Å². The molecule has 1 saturated heterocycles. The van der Waals surface area contributed by atoms with E-state index >= 15 is 0 Å². The van der Waals surface area contributed by atoms with Crippen LogP contribution >= 0.6 is 0 Å². The van der Waals surface area contributed by atoms with Crippen molar-refractivity contribution in [2.45, 2.75) is 12.5 Å². The minimum absolute atomic E-state index is 0.120. The molecular formula is C17H19N3O3S. The number of carbonyl (C=O) groups is 1. The third-order valence-electron chi connectivity index (χ3n) is 4.04. The Morgan fingerprint density at radius 2 is 2.00 bits per heavy atom. The van der Waals surface area contributed by atoms with Gasteiger partial charge in [-0.05, 0) is 24.6 Å². The first-order chi connectivity index (χ1) is 11.4. The highest BCUT2D eigenvalue weighted by Gasteiger charge is 2.27. The molecule has 1 aromatic heterocycles. The number of rotatable bonds is 4. The molecule has 1 aliphatic heterocycles. The van der Waals surface area contributed by atoms with E-state index in [0.29, 0.717) is 17.7 Å². The molecule has 24 heavy (non-hydrogen) atoms. The molecule has 1 aromatic carbocycles. The largest absolute Gasteiger partial charge is 0.380 e. The summed E-state index contributed by atoms with van der Waals surface area (Å²) in [6, 6.07) is 10.9. The molecule has 1 N–H and O–H groups in total. The lowest BCUT2D eigenvalue weighted by Gasteiger charge is -2.18. The Morgan fingerprint density at radius 1 is 1.25 bits per heavy atom. The SMILES string of the molecule is CN(C(=O)c1cncc(NC2CCS(=O)(=O)C2)c1)c1ccccc1. The molecular weight excluding hydrogens is 326 g/mol. The molecule has 0 spiro atoms. The van der Waals surface area contributed by atoms with Crippen molar-refractivity contribution in [1.29, 1.82) is 0 Å². The number of pyridine rings is 1. The normalized spacial score (nSPS) is 19.0. The van der Waals surface area contributed by atoms with E-state index in [1.54, 1.807) is 24.2 Å². The van der Waals surface area contributed by atoms with Crippen LogP contribution in [0.15, 0.2) is 48.8 Å². The monoisotopic (exact) mass is 345 g/mol. The van der Waals surface area contributed by atoms with Crippen LogP contribution in [0.1, 0.15) is 16.8 Å². The average Bonchev–Trinajstić information content (AvgIpc) is 2.93. The van der Waals surface area contributed by atoms with Gasteiger partial charge in [-0.1, -0.05) is 18.2 Å². The van der Waals surface area contributed by atoms with Crippen LogP contribution in [0.2, 0.25) is 0 Å². The van der Waals surface area contributed by atoms with Gasteiger partial charge in [0.25, 0.3) is 5.91 Å². The fraction of sp³-hybridized carbons (Fsp3) is 0.294. The third kappa shape index (κ3) is 3.73. The standard InChI is InChI=1S/C17H19N3O3S/c1-20(16-5-3-2-4-6-16)17(21)13-9-15(11-18-10-13)19-14-7-8-24(22,23)12-14/h2-6,9-11,14,19H,7-8,12H2,1H3. The summed E-state index contributed by atoms with van der Waals surface area (Å²) in [7, 11) is -1.24. The zero-order valence-electron chi connectivity index (χ0n) is 13.3. The minimum atomic E-state index is -2.95. The number of sulfone groups is 1. The van der Waals surface area contributed by atoms with Gasteiger partial charge in [0.2, 0.25) is 0 Å². The minimum Gasteiger partial charge on any atom is -0.380 e. The number of para-hydroxylation sites is 1. The maximum Gasteiger partial charge on any atom is 0.259 e. The molecule has 7 heteroatoms. The molecule has 3 rings (SSSR count). The molecule has 0 radical (unpaired) electrons. The first kappa shape index (κ1) is 16.4. The van der Waals surface area contributed by atoms with E-state index in [4.69, 9.17) is 0 Å². The Bertz CT molecular complexity index is 837. The number of amides is 1. The fourth-order valence-electron chi connectivity index (χ4n) is 2.74. The summed E-state index contributed by atoms with van der Waals surface area (Å²) in [4.78, 5) is 18.3. The highest BCUT2D eigenvalue weighted by molar-refractivity contribution is 7.91. The van der Waals surface area contributed by atoms with Crippen molar-refractivity contribution in [2.24, 2.45) is 0 Å². The van der Waals surface area contributed by atoms with Crippen molar-refractivity contribution in [1.82, 2.24) is 4.98 Å². The van der Waals surface area contributed by atoms with Gasteiger partial charge >= 0.3 is 0 Å². The topological polar surface area (TPSA) is 79.4 Å². The van der Waals surface area contributed by atoms with Gasteiger partial charge in [0, 0.05) is 31.2 Å². The Balaban J connectivity index is 1.74. The van der Waals surface area contributed by atoms with Gasteiger partial charge in [-0.15, -0.1) is 0 Å². The van der Waals surface area contributed by atoms with Gasteiger partial charge in [0.15, 0.2) is 9.84 Å². The zero-order valence-corrected chi connectivity index (χ0v) is 14.2. The molecule has 0 aliphatic carbocycles. The summed E-state index contributed by atoms with van der Waals surface area (Å²) in [5, 5.41) is 3.16. The summed E-state index contributed by atoms with van der Waals surface area (Å²) < 4.78 is 23.1. The van der Waals surface area contributed by atoms with Crippen LogP contribution in [0.4, 0.5) is 11.4 Å². The van der Waals surface area contributed by atoms with Crippen LogP contribution < -0.4 is 10.2 Å². The molecule has 1 unspecified atom stereocenters. The Kier molecular flexibility index (Phi) is 4.53. The maximum atomic E-state index is 12.6. The third-order valence-corrected chi connectivity index (χ3v) is 5.80. The lowest BCUT2D eigenvalue weighted by atomic mass is 10.2. The Labute approximate surface area is 141 Å². The van der Waals surface area contributed by atoms with Crippen molar-refractivity contribution >= 4 is 27.1 Å². The number of nitrogens with one attached hydrogen (secondary N) is 1. The maximum absolute atomic E-state index is 12.6. The summed E-state index contributed by atoms with van der Waals surface area (Å²) in [6.07, 6.45) is 3.69. The predicted octanol–water partition coefficient (Wildman–Crippen LogP) is 1.96. The molecule has 1 aliphatic rings. The van der Waals surface area contributed by atoms with E-state index in [0.717, 1.165) is 5.69 Å². The molecule has 126 valence electrons. The molecule has 2 heterocycles. The Hall–Kier alpha value is -2.41. The van der Waals surface area contributed by atoms with Crippen LogP contribution in [0.5, 0.6) is 0 Å². The van der Waals surface area contributed by atoms with Crippen LogP contribution in [0.25, 0.3) is 0 Å². The number of nitrogens with zero attached hydrogens (tertiary/aromatic N) is 2. The van der Waals surface area contributed by atoms with E-state index < -0.39 is 9.84 Å². The van der Waals surface area contributed by atoms with Crippen LogP contribution in [0, 0.1) is 0 Å². The second-order valence-electron chi connectivity index (χ2n) is 5.91. The molecule has 1 amide bonds. The van der Waals surface area contributed by atoms with Gasteiger partial charge in [-0.2, -0.15) is 0 Å². The van der Waals surface area contributed by atoms with Gasteiger partial charge in [-0.25, -0.2) is 8.42 Å². The number of aromatic nitrogens is 1. The lowest BCUT2D eigenvalue weighted by molar-refractivity contribution is 0.0992. The van der Waals surface area contributed by atoms with Crippen molar-refractivity contribution in [3.63, 3.8) is 0 Å². The van der Waals surface area contributed by atoms with Crippen molar-refractivity contribution in [2.75, 3.05) is 28.8 Å². The molecule has 1 atom stereocenters. The summed E-state index contributed by atoms with van der Waals surface area (Å²) in [6.45, 7) is 0. The van der Waals surface area contributed by atoms with Crippen molar-refractivity contribution < 1.29 is 13.2 Å². The first-order valence-corrected chi connectivity index (χ1v) is 9.52. The van der Waals surface area contributed by atoms with E-state index in [1.807, 2.05) is 30.3 Å². The first-order valence-electron chi connectivity index (χ1n) is 7.70. The van der Waals surface area contributed by atoms with Gasteiger partial charge < -0.3 is 10.2 Å². The fourth-order valence-corrected chi connectivity index (χ4v) is 4.42. The number of carbonyl (C=O) groups excluding carboxylic acids is 1. The highest BCUT2D eigenvalue weighted by Crippen LogP contribution is 2.19. The van der Waals surface area contributed by atoms with Gasteiger partial charge in [-0.3, -0.25) is 9.78 Å². The summed E-state index contributed by atoms with van der Waals surface area (Å²) in [5.41, 5.74) is 1.90. The smallest absolute Gasteiger partial charge is 0.259 e. The molecule has 0 saturated carbocycles. The van der Waals surface area contributed by atoms with E-state index in [1.165, 1.54) is 6.20 Å². The van der Waals surface area contributed by atoms with Crippen LogP contribution in [0.3, 0.4) is 0 Å². The molecule has 1 fully saturated rings. The number of benzene rings is 1. The summed E-state index contributed by atoms with van der Waals surface area (Å²) >= 11 is 0. The molecule has 2 aromatic rings. The lowest BCUT2D eigenvalue weighted by Crippen LogP contribution is -2.26. The second-order valence-corrected chi connectivity index (χ2v) is 8.14. The van der Waals surface area contributed by atoms with Gasteiger partial charge in [0.05, 0.1) is 22.8 Å². The predicted molar refractivity (Wildman–Crippen MR) is 94.1 cm³/mol. The molecule has 6 nitrogen and oxygen atoms in total. The summed E-state index contributed by atoms with van der Waals surface area (Å²) in [5.74, 6) is 0.152. The van der Waals surface area contributed by atoms with Crippen LogP contribution in [-0.4, -0.2) is 43.9 Å². The quantitative estimate of drug-likeness (QED) is 0.916. The number of hydrogen-bond donors (Lipinski definition) is 1. The van der Waals surface area contributed by atoms with Crippen molar-refractivity contribution in [3.8, 4) is 0 Å². The highest BCUT2D eigenvalue weighted by atomic mass is 32.2. The number of hydrogen-bond acceptors (Lipinski definition) is 5. The zero-order chi connectivity index (χ0) is 17.2. The van der Waals surface area contributed by atoms with E-state index in [-0.39, 0.29) is 23.5 Å². The molecule has 0 bridgehead atoms. The van der Waals surface area contributed by atoms with E-state index in [2.05, 4.69) is 10.3 Å². The second kappa shape index (κ2) is 6.60. The van der Waals surface area contributed by atoms with E-state index in [9.17, 15) is 13.2 Å². The average molecular weight is 345 g/mol. The van der Waals surface area contributed by atoms with Crippen LogP contribution in [-0.2, 0) is 9.84 Å². The number of anilines is 2. The Morgan fingerprint density at radius 3 is 2.67 bits per heavy atom. The van der Waals surface area contributed by atoms with Crippen molar-refractivity contribution in [3.05, 3.63) is 54.4 Å².